The van der Waals surface area contributed by atoms with Gasteiger partial charge in [0.05, 0.1) is 12.7 Å². The van der Waals surface area contributed by atoms with E-state index in [9.17, 15) is 0 Å². The van der Waals surface area contributed by atoms with E-state index >= 15 is 0 Å². The van der Waals surface area contributed by atoms with E-state index in [0.717, 1.165) is 16.2 Å². The minimum Gasteiger partial charge on any atom is -0.496 e. The fraction of sp³-hybridized carbons (Fsp3) is 0.143. The number of nitrogens with one attached hydrogen (secondary N) is 1. The number of rotatable bonds is 5. The zero-order valence-electron chi connectivity index (χ0n) is 10.6. The molecule has 98 valence electrons. The van der Waals surface area contributed by atoms with E-state index in [2.05, 4.69) is 4.98 Å². The first-order chi connectivity index (χ1) is 9.20. The Kier molecular flexibility index (Phi) is 4.41. The second-order valence-corrected chi connectivity index (χ2v) is 4.97. The molecule has 1 aromatic carbocycles. The van der Waals surface area contributed by atoms with Crippen molar-refractivity contribution in [3.63, 3.8) is 0 Å². The number of nitrogen functional groups attached to an aromatic ring is 1. The number of ether oxygens (including phenoxy) is 1. The van der Waals surface area contributed by atoms with Gasteiger partial charge in [-0.3, -0.25) is 10.4 Å². The molecule has 4 nitrogen and oxygen atoms in total. The van der Waals surface area contributed by atoms with Crippen LogP contribution < -0.4 is 10.5 Å². The van der Waals surface area contributed by atoms with E-state index in [-0.39, 0.29) is 5.84 Å². The Hall–Kier alpha value is -2.01. The van der Waals surface area contributed by atoms with E-state index in [4.69, 9.17) is 15.9 Å². The molecule has 0 fully saturated rings. The van der Waals surface area contributed by atoms with Gasteiger partial charge in [-0.15, -0.1) is 11.8 Å². The van der Waals surface area contributed by atoms with E-state index < -0.39 is 0 Å². The molecule has 0 aliphatic heterocycles. The number of aromatic nitrogens is 1. The van der Waals surface area contributed by atoms with Gasteiger partial charge in [-0.05, 0) is 29.8 Å². The largest absolute Gasteiger partial charge is 0.496 e. The number of thioether (sulfide) groups is 1. The summed E-state index contributed by atoms with van der Waals surface area (Å²) >= 11 is 1.72. The molecule has 0 aliphatic carbocycles. The molecule has 1 heterocycles. The molecule has 0 radical (unpaired) electrons. The highest BCUT2D eigenvalue weighted by atomic mass is 32.2. The molecule has 0 saturated heterocycles. The van der Waals surface area contributed by atoms with Crippen LogP contribution in [-0.2, 0) is 5.75 Å². The average Bonchev–Trinajstić information content (AvgIpc) is 2.46. The van der Waals surface area contributed by atoms with Crippen LogP contribution in [0.15, 0.2) is 47.6 Å². The van der Waals surface area contributed by atoms with Crippen molar-refractivity contribution in [2.24, 2.45) is 5.73 Å². The van der Waals surface area contributed by atoms with Gasteiger partial charge in [-0.1, -0.05) is 6.07 Å². The molecule has 0 amide bonds. The average molecular weight is 273 g/mol. The molecule has 0 bridgehead atoms. The predicted molar refractivity (Wildman–Crippen MR) is 77.8 cm³/mol. The van der Waals surface area contributed by atoms with Gasteiger partial charge in [0.25, 0.3) is 0 Å². The molecule has 0 saturated carbocycles. The van der Waals surface area contributed by atoms with E-state index in [1.54, 1.807) is 31.3 Å². The standard InChI is InChI=1S/C14H15N3OS/c1-18-13-3-2-10(8-12(13)14(15)16)9-19-11-4-6-17-7-5-11/h2-8H,9H2,1H3,(H3,15,16). The van der Waals surface area contributed by atoms with E-state index in [1.807, 2.05) is 30.3 Å². The summed E-state index contributed by atoms with van der Waals surface area (Å²) in [6, 6.07) is 9.67. The first-order valence-corrected chi connectivity index (χ1v) is 6.73. The third-order valence-corrected chi connectivity index (χ3v) is 3.69. The van der Waals surface area contributed by atoms with Crippen molar-refractivity contribution in [1.29, 1.82) is 5.41 Å². The van der Waals surface area contributed by atoms with Gasteiger partial charge in [0.15, 0.2) is 0 Å². The first kappa shape index (κ1) is 13.4. The topological polar surface area (TPSA) is 72.0 Å². The van der Waals surface area contributed by atoms with Gasteiger partial charge < -0.3 is 10.5 Å². The molecule has 0 atom stereocenters. The fourth-order valence-electron chi connectivity index (χ4n) is 1.66. The highest BCUT2D eigenvalue weighted by Gasteiger charge is 2.07. The zero-order chi connectivity index (χ0) is 13.7. The smallest absolute Gasteiger partial charge is 0.129 e. The van der Waals surface area contributed by atoms with Crippen molar-refractivity contribution >= 4 is 17.6 Å². The molecule has 0 spiro atoms. The fourth-order valence-corrected chi connectivity index (χ4v) is 2.48. The van der Waals surface area contributed by atoms with Crippen LogP contribution in [-0.4, -0.2) is 17.9 Å². The molecule has 2 aromatic rings. The lowest BCUT2D eigenvalue weighted by atomic mass is 10.1. The molecule has 0 aliphatic rings. The van der Waals surface area contributed by atoms with Crippen LogP contribution in [0.3, 0.4) is 0 Å². The Balaban J connectivity index is 2.13. The molecular formula is C14H15N3OS. The van der Waals surface area contributed by atoms with Crippen LogP contribution in [0.4, 0.5) is 0 Å². The Morgan fingerprint density at radius 3 is 2.68 bits per heavy atom. The number of methoxy groups -OCH3 is 1. The van der Waals surface area contributed by atoms with Gasteiger partial charge in [0.1, 0.15) is 11.6 Å². The third kappa shape index (κ3) is 3.48. The third-order valence-electron chi connectivity index (χ3n) is 2.61. The lowest BCUT2D eigenvalue weighted by Crippen LogP contribution is -2.12. The van der Waals surface area contributed by atoms with Crippen molar-refractivity contribution in [2.45, 2.75) is 10.6 Å². The van der Waals surface area contributed by atoms with Crippen molar-refractivity contribution < 1.29 is 4.74 Å². The van der Waals surface area contributed by atoms with Crippen LogP contribution >= 0.6 is 11.8 Å². The van der Waals surface area contributed by atoms with Crippen molar-refractivity contribution in [3.05, 3.63) is 53.9 Å². The number of nitrogens with zero attached hydrogens (tertiary/aromatic N) is 1. The Morgan fingerprint density at radius 1 is 1.32 bits per heavy atom. The zero-order valence-corrected chi connectivity index (χ0v) is 11.4. The number of pyridine rings is 1. The van der Waals surface area contributed by atoms with Crippen LogP contribution in [0.1, 0.15) is 11.1 Å². The molecular weight excluding hydrogens is 258 g/mol. The number of nitrogens with two attached hydrogens (primary N) is 1. The van der Waals surface area contributed by atoms with Gasteiger partial charge >= 0.3 is 0 Å². The molecule has 3 N–H and O–H groups in total. The van der Waals surface area contributed by atoms with Crippen LogP contribution in [0, 0.1) is 5.41 Å². The SMILES string of the molecule is COc1ccc(CSc2ccncc2)cc1C(=N)N. The molecule has 5 heteroatoms. The Labute approximate surface area is 116 Å². The van der Waals surface area contributed by atoms with Gasteiger partial charge in [-0.2, -0.15) is 0 Å². The summed E-state index contributed by atoms with van der Waals surface area (Å²) in [5.74, 6) is 1.46. The number of benzene rings is 1. The number of hydrogen-bond donors (Lipinski definition) is 2. The highest BCUT2D eigenvalue weighted by Crippen LogP contribution is 2.25. The predicted octanol–water partition coefficient (Wildman–Crippen LogP) is 2.67. The monoisotopic (exact) mass is 273 g/mol. The normalized spacial score (nSPS) is 10.2. The molecule has 1 aromatic heterocycles. The van der Waals surface area contributed by atoms with Crippen LogP contribution in [0.2, 0.25) is 0 Å². The quantitative estimate of drug-likeness (QED) is 0.499. The maximum absolute atomic E-state index is 7.56. The maximum Gasteiger partial charge on any atom is 0.129 e. The summed E-state index contributed by atoms with van der Waals surface area (Å²) in [4.78, 5) is 5.15. The van der Waals surface area contributed by atoms with E-state index in [0.29, 0.717) is 11.3 Å². The minimum absolute atomic E-state index is 0.0209. The summed E-state index contributed by atoms with van der Waals surface area (Å²) in [7, 11) is 1.58. The molecule has 19 heavy (non-hydrogen) atoms. The van der Waals surface area contributed by atoms with E-state index in [1.165, 1.54) is 0 Å². The van der Waals surface area contributed by atoms with Crippen LogP contribution in [0.5, 0.6) is 5.75 Å². The maximum atomic E-state index is 7.56. The lowest BCUT2D eigenvalue weighted by molar-refractivity contribution is 0.413. The van der Waals surface area contributed by atoms with Crippen LogP contribution in [0.25, 0.3) is 0 Å². The van der Waals surface area contributed by atoms with Gasteiger partial charge in [0.2, 0.25) is 0 Å². The van der Waals surface area contributed by atoms with Crippen molar-refractivity contribution in [3.8, 4) is 5.75 Å². The lowest BCUT2D eigenvalue weighted by Gasteiger charge is -2.09. The van der Waals surface area contributed by atoms with Gasteiger partial charge in [0, 0.05) is 23.0 Å². The first-order valence-electron chi connectivity index (χ1n) is 5.75. The second kappa shape index (κ2) is 6.24. The number of amidine groups is 1. The summed E-state index contributed by atoms with van der Waals surface area (Å²) in [5.41, 5.74) is 7.29. The summed E-state index contributed by atoms with van der Waals surface area (Å²) in [6.45, 7) is 0. The van der Waals surface area contributed by atoms with Crippen molar-refractivity contribution in [2.75, 3.05) is 7.11 Å². The Bertz CT molecular complexity index is 572. The Morgan fingerprint density at radius 2 is 2.05 bits per heavy atom. The molecule has 0 unspecified atom stereocenters. The van der Waals surface area contributed by atoms with Crippen molar-refractivity contribution in [1.82, 2.24) is 4.98 Å². The summed E-state index contributed by atoms with van der Waals surface area (Å²) in [6.07, 6.45) is 3.55. The van der Waals surface area contributed by atoms with Gasteiger partial charge in [-0.25, -0.2) is 0 Å². The highest BCUT2D eigenvalue weighted by molar-refractivity contribution is 7.98. The summed E-state index contributed by atoms with van der Waals surface area (Å²) < 4.78 is 5.19. The molecule has 2 rings (SSSR count). The number of hydrogen-bond acceptors (Lipinski definition) is 4. The summed E-state index contributed by atoms with van der Waals surface area (Å²) in [5, 5.41) is 7.56. The minimum atomic E-state index is 0.0209. The second-order valence-electron chi connectivity index (χ2n) is 3.92.